The second-order valence-corrected chi connectivity index (χ2v) is 9.38. The monoisotopic (exact) mass is 330 g/mol. The normalized spacial score (nSPS) is 50.3. The van der Waals surface area contributed by atoms with Crippen LogP contribution in [0.15, 0.2) is 23.5 Å². The van der Waals surface area contributed by atoms with E-state index in [9.17, 15) is 5.11 Å². The fraction of sp³-hybridized carbons (Fsp3) is 0.818. The largest absolute Gasteiger partial charge is 0.501 e. The Balaban J connectivity index is 1.72. The average molecular weight is 331 g/mol. The summed E-state index contributed by atoms with van der Waals surface area (Å²) in [5, 5.41) is 11.3. The lowest BCUT2D eigenvalue weighted by Gasteiger charge is -2.58. The van der Waals surface area contributed by atoms with Gasteiger partial charge in [0.25, 0.3) is 0 Å². The van der Waals surface area contributed by atoms with E-state index in [2.05, 4.69) is 32.9 Å². The second kappa shape index (κ2) is 5.62. The van der Waals surface area contributed by atoms with E-state index in [0.29, 0.717) is 17.3 Å². The molecule has 24 heavy (non-hydrogen) atoms. The summed E-state index contributed by atoms with van der Waals surface area (Å²) in [4.78, 5) is 0. The van der Waals surface area contributed by atoms with E-state index in [-0.39, 0.29) is 11.5 Å². The van der Waals surface area contributed by atoms with Crippen molar-refractivity contribution in [2.45, 2.75) is 71.8 Å². The van der Waals surface area contributed by atoms with Crippen LogP contribution in [-0.2, 0) is 4.74 Å². The topological polar surface area (TPSA) is 29.5 Å². The molecule has 0 aliphatic heterocycles. The Morgan fingerprint density at radius 2 is 2.08 bits per heavy atom. The third-order valence-electron chi connectivity index (χ3n) is 8.61. The summed E-state index contributed by atoms with van der Waals surface area (Å²) in [7, 11) is 1.78. The Morgan fingerprint density at radius 3 is 2.79 bits per heavy atom. The Hall–Kier alpha value is -0.760. The van der Waals surface area contributed by atoms with Crippen molar-refractivity contribution in [3.63, 3.8) is 0 Å². The van der Waals surface area contributed by atoms with Gasteiger partial charge in [-0.25, -0.2) is 0 Å². The summed E-state index contributed by atoms with van der Waals surface area (Å²) in [6.07, 6.45) is 12.9. The average Bonchev–Trinajstić information content (AvgIpc) is 2.89. The molecule has 4 aliphatic carbocycles. The summed E-state index contributed by atoms with van der Waals surface area (Å²) >= 11 is 0. The minimum Gasteiger partial charge on any atom is -0.501 e. The highest BCUT2D eigenvalue weighted by Gasteiger charge is 2.60. The standard InChI is InChI=1S/C22H34O2/c1-5-14-7-9-18-17-8-6-15-12-16(24-4)10-11-21(15,2)20(17)19(23)13-22(14,18)3/h6,12,14,17-20,23H,5,7-11,13H2,1-4H3/t14-,17-,18-,19-,20+,21-,22+/m0/s1. The van der Waals surface area contributed by atoms with Gasteiger partial charge in [-0.15, -0.1) is 0 Å². The van der Waals surface area contributed by atoms with Gasteiger partial charge in [0.1, 0.15) is 0 Å². The van der Waals surface area contributed by atoms with E-state index >= 15 is 0 Å². The Bertz CT molecular complexity index is 577. The molecule has 7 atom stereocenters. The van der Waals surface area contributed by atoms with Crippen molar-refractivity contribution >= 4 is 0 Å². The van der Waals surface area contributed by atoms with Gasteiger partial charge in [-0.05, 0) is 78.3 Å². The summed E-state index contributed by atoms with van der Waals surface area (Å²) in [6.45, 7) is 7.25. The number of ether oxygens (including phenoxy) is 1. The van der Waals surface area contributed by atoms with Gasteiger partial charge in [-0.1, -0.05) is 33.3 Å². The van der Waals surface area contributed by atoms with Crippen LogP contribution in [0.25, 0.3) is 0 Å². The number of methoxy groups -OCH3 is 1. The molecule has 0 heterocycles. The molecule has 0 bridgehead atoms. The van der Waals surface area contributed by atoms with Crippen LogP contribution < -0.4 is 0 Å². The van der Waals surface area contributed by atoms with E-state index in [0.717, 1.165) is 43.3 Å². The molecule has 0 aromatic rings. The molecule has 4 rings (SSSR count). The van der Waals surface area contributed by atoms with E-state index in [1.807, 2.05) is 0 Å². The lowest BCUT2D eigenvalue weighted by molar-refractivity contribution is -0.118. The maximum Gasteiger partial charge on any atom is 0.0958 e. The number of rotatable bonds is 2. The molecule has 0 unspecified atom stereocenters. The van der Waals surface area contributed by atoms with Crippen molar-refractivity contribution in [1.82, 2.24) is 0 Å². The summed E-state index contributed by atoms with van der Waals surface area (Å²) in [5.41, 5.74) is 1.93. The van der Waals surface area contributed by atoms with Crippen LogP contribution in [0.2, 0.25) is 0 Å². The van der Waals surface area contributed by atoms with Crippen molar-refractivity contribution in [1.29, 1.82) is 0 Å². The highest BCUT2D eigenvalue weighted by atomic mass is 16.5. The zero-order chi connectivity index (χ0) is 17.1. The maximum atomic E-state index is 11.3. The Labute approximate surface area is 147 Å². The molecule has 2 fully saturated rings. The number of aliphatic hydroxyl groups excluding tert-OH is 1. The molecular weight excluding hydrogens is 296 g/mol. The quantitative estimate of drug-likeness (QED) is 0.764. The minimum absolute atomic E-state index is 0.135. The molecule has 0 aromatic carbocycles. The van der Waals surface area contributed by atoms with Crippen molar-refractivity contribution in [2.75, 3.05) is 7.11 Å². The van der Waals surface area contributed by atoms with E-state index in [1.54, 1.807) is 7.11 Å². The van der Waals surface area contributed by atoms with Crippen LogP contribution in [-0.4, -0.2) is 18.3 Å². The molecule has 0 saturated heterocycles. The van der Waals surface area contributed by atoms with Gasteiger partial charge in [0.05, 0.1) is 19.0 Å². The smallest absolute Gasteiger partial charge is 0.0958 e. The van der Waals surface area contributed by atoms with Gasteiger partial charge >= 0.3 is 0 Å². The molecular formula is C22H34O2. The summed E-state index contributed by atoms with van der Waals surface area (Å²) in [5.74, 6) is 3.82. The third kappa shape index (κ3) is 2.11. The maximum absolute atomic E-state index is 11.3. The molecule has 134 valence electrons. The number of hydrogen-bond donors (Lipinski definition) is 1. The van der Waals surface area contributed by atoms with Crippen LogP contribution in [0.5, 0.6) is 0 Å². The molecule has 2 heteroatoms. The van der Waals surface area contributed by atoms with E-state index < -0.39 is 0 Å². The van der Waals surface area contributed by atoms with Gasteiger partial charge in [-0.3, -0.25) is 0 Å². The highest BCUT2D eigenvalue weighted by Crippen LogP contribution is 2.66. The zero-order valence-electron chi connectivity index (χ0n) is 15.8. The molecule has 0 radical (unpaired) electrons. The number of allylic oxidation sites excluding steroid dienone is 4. The lowest BCUT2D eigenvalue weighted by Crippen LogP contribution is -2.55. The predicted molar refractivity (Wildman–Crippen MR) is 97.3 cm³/mol. The molecule has 0 aromatic heterocycles. The molecule has 0 spiro atoms. The molecule has 1 N–H and O–H groups in total. The van der Waals surface area contributed by atoms with Gasteiger partial charge in [0, 0.05) is 6.42 Å². The second-order valence-electron chi connectivity index (χ2n) is 9.38. The Morgan fingerprint density at radius 1 is 1.29 bits per heavy atom. The van der Waals surface area contributed by atoms with Crippen LogP contribution in [0.1, 0.15) is 65.7 Å². The number of aliphatic hydroxyl groups is 1. The van der Waals surface area contributed by atoms with Crippen LogP contribution in [0.3, 0.4) is 0 Å². The molecule has 4 aliphatic rings. The van der Waals surface area contributed by atoms with Gasteiger partial charge in [0.15, 0.2) is 0 Å². The van der Waals surface area contributed by atoms with Gasteiger partial charge < -0.3 is 9.84 Å². The van der Waals surface area contributed by atoms with Gasteiger partial charge in [-0.2, -0.15) is 0 Å². The molecule has 2 saturated carbocycles. The van der Waals surface area contributed by atoms with Crippen LogP contribution in [0.4, 0.5) is 0 Å². The first-order valence-electron chi connectivity index (χ1n) is 10.1. The van der Waals surface area contributed by atoms with Crippen molar-refractivity contribution in [2.24, 2.45) is 34.5 Å². The fourth-order valence-electron chi connectivity index (χ4n) is 7.37. The van der Waals surface area contributed by atoms with Crippen molar-refractivity contribution < 1.29 is 9.84 Å². The zero-order valence-corrected chi connectivity index (χ0v) is 15.8. The first kappa shape index (κ1) is 16.7. The number of fused-ring (bicyclic) bond motifs is 5. The number of hydrogen-bond acceptors (Lipinski definition) is 2. The molecule has 2 nitrogen and oxygen atoms in total. The molecule has 0 amide bonds. The minimum atomic E-state index is -0.144. The Kier molecular flexibility index (Phi) is 3.91. The first-order valence-corrected chi connectivity index (χ1v) is 10.1. The van der Waals surface area contributed by atoms with Crippen molar-refractivity contribution in [3.8, 4) is 0 Å². The first-order chi connectivity index (χ1) is 11.4. The van der Waals surface area contributed by atoms with Crippen LogP contribution in [0, 0.1) is 34.5 Å². The van der Waals surface area contributed by atoms with E-state index in [4.69, 9.17) is 4.74 Å². The van der Waals surface area contributed by atoms with Gasteiger partial charge in [0.2, 0.25) is 0 Å². The third-order valence-corrected chi connectivity index (χ3v) is 8.61. The fourth-order valence-corrected chi connectivity index (χ4v) is 7.37. The predicted octanol–water partition coefficient (Wildman–Crippen LogP) is 5.09. The van der Waals surface area contributed by atoms with Crippen molar-refractivity contribution in [3.05, 3.63) is 23.5 Å². The summed E-state index contributed by atoms with van der Waals surface area (Å²) in [6, 6.07) is 0. The SMILES string of the molecule is CC[C@H]1CC[C@H]2[C@@H]3CC=C4C=C(OC)CC[C@]4(C)[C@H]3[C@@H](O)C[C@]12C. The highest BCUT2D eigenvalue weighted by molar-refractivity contribution is 5.36. The lowest BCUT2D eigenvalue weighted by atomic mass is 9.47. The van der Waals surface area contributed by atoms with Crippen LogP contribution >= 0.6 is 0 Å². The van der Waals surface area contributed by atoms with E-state index in [1.165, 1.54) is 24.8 Å². The summed E-state index contributed by atoms with van der Waals surface area (Å²) < 4.78 is 5.52.